The number of hydrogen-bond donors (Lipinski definition) is 3. The molecule has 0 aliphatic heterocycles. The van der Waals surface area contributed by atoms with Crippen molar-refractivity contribution in [3.8, 4) is 0 Å². The van der Waals surface area contributed by atoms with Gasteiger partial charge < -0.3 is 30.9 Å². The van der Waals surface area contributed by atoms with Gasteiger partial charge in [-0.1, -0.05) is 30.3 Å². The number of esters is 2. The van der Waals surface area contributed by atoms with Crippen molar-refractivity contribution < 1.29 is 23.9 Å². The van der Waals surface area contributed by atoms with E-state index in [-0.39, 0.29) is 12.3 Å². The summed E-state index contributed by atoms with van der Waals surface area (Å²) in [5, 5.41) is 8.23. The van der Waals surface area contributed by atoms with Crippen molar-refractivity contribution in [2.75, 3.05) is 14.2 Å². The molecule has 4 aromatic rings. The van der Waals surface area contributed by atoms with Gasteiger partial charge in [-0.3, -0.25) is 9.59 Å². The van der Waals surface area contributed by atoms with Crippen molar-refractivity contribution in [3.63, 3.8) is 0 Å². The molecule has 0 spiro atoms. The summed E-state index contributed by atoms with van der Waals surface area (Å²) in [5.74, 6) is 3.75. The van der Waals surface area contributed by atoms with E-state index in [2.05, 4.69) is 24.5 Å². The standard InChI is InChI=1S/C27H27N5O5/c1-36-24(33)14-21(27(35)37-2)30-26(34)17-9-7-16(8-10-17)15-32-22-6-4-3-5-19(22)20-13-18(25(28)31-29)11-12-23(20)32/h3-13,21H,14-15,29H2,1-2H3,(H2,28,31)(H,30,34)/t21-/m0/s1. The first-order valence-electron chi connectivity index (χ1n) is 11.5. The van der Waals surface area contributed by atoms with E-state index in [1.165, 1.54) is 14.2 Å². The van der Waals surface area contributed by atoms with Crippen LogP contribution in [-0.4, -0.2) is 48.5 Å². The van der Waals surface area contributed by atoms with Gasteiger partial charge in [-0.25, -0.2) is 4.79 Å². The fourth-order valence-corrected chi connectivity index (χ4v) is 4.23. The Morgan fingerprint density at radius 1 is 0.919 bits per heavy atom. The molecular formula is C27H27N5O5. The van der Waals surface area contributed by atoms with Crippen LogP contribution >= 0.6 is 0 Å². The van der Waals surface area contributed by atoms with Gasteiger partial charge in [-0.15, -0.1) is 0 Å². The second-order valence-electron chi connectivity index (χ2n) is 8.38. The Balaban J connectivity index is 1.60. The lowest BCUT2D eigenvalue weighted by Gasteiger charge is -2.15. The van der Waals surface area contributed by atoms with E-state index in [1.807, 2.05) is 54.6 Å². The van der Waals surface area contributed by atoms with Crippen LogP contribution in [0.15, 0.2) is 71.8 Å². The molecule has 1 atom stereocenters. The minimum Gasteiger partial charge on any atom is -0.469 e. The molecule has 0 aliphatic carbocycles. The van der Waals surface area contributed by atoms with Gasteiger partial charge in [0.2, 0.25) is 0 Å². The van der Waals surface area contributed by atoms with E-state index in [0.717, 1.165) is 32.9 Å². The van der Waals surface area contributed by atoms with Crippen molar-refractivity contribution in [2.45, 2.75) is 19.0 Å². The lowest BCUT2D eigenvalue weighted by atomic mass is 10.1. The molecule has 190 valence electrons. The molecule has 1 aromatic heterocycles. The van der Waals surface area contributed by atoms with Crippen molar-refractivity contribution >= 4 is 45.5 Å². The average molecular weight is 502 g/mol. The fourth-order valence-electron chi connectivity index (χ4n) is 4.23. The molecule has 0 aliphatic rings. The number of ether oxygens (including phenoxy) is 2. The highest BCUT2D eigenvalue weighted by Gasteiger charge is 2.25. The number of nitrogens with zero attached hydrogens (tertiary/aromatic N) is 2. The monoisotopic (exact) mass is 501 g/mol. The summed E-state index contributed by atoms with van der Waals surface area (Å²) in [7, 11) is 2.39. The van der Waals surface area contributed by atoms with Gasteiger partial charge in [0.1, 0.15) is 11.9 Å². The zero-order valence-electron chi connectivity index (χ0n) is 20.4. The molecule has 0 saturated carbocycles. The third-order valence-electron chi connectivity index (χ3n) is 6.15. The van der Waals surface area contributed by atoms with Crippen molar-refractivity contribution in [2.24, 2.45) is 16.7 Å². The molecule has 0 saturated heterocycles. The van der Waals surface area contributed by atoms with Crippen LogP contribution in [0, 0.1) is 0 Å². The molecule has 0 radical (unpaired) electrons. The number of methoxy groups -OCH3 is 2. The smallest absolute Gasteiger partial charge is 0.328 e. The van der Waals surface area contributed by atoms with E-state index >= 15 is 0 Å². The number of amides is 1. The van der Waals surface area contributed by atoms with Crippen LogP contribution in [0.3, 0.4) is 0 Å². The predicted octanol–water partition coefficient (Wildman–Crippen LogP) is 2.26. The van der Waals surface area contributed by atoms with Crippen molar-refractivity contribution in [1.29, 1.82) is 0 Å². The molecule has 1 amide bonds. The van der Waals surface area contributed by atoms with Crippen LogP contribution in [0.4, 0.5) is 0 Å². The first kappa shape index (κ1) is 25.2. The van der Waals surface area contributed by atoms with Crippen LogP contribution in [0.25, 0.3) is 21.8 Å². The first-order chi connectivity index (χ1) is 17.9. The second-order valence-corrected chi connectivity index (χ2v) is 8.38. The van der Waals surface area contributed by atoms with Gasteiger partial charge in [0.25, 0.3) is 5.91 Å². The number of nitrogens with one attached hydrogen (secondary N) is 1. The zero-order valence-corrected chi connectivity index (χ0v) is 20.4. The Bertz CT molecular complexity index is 1510. The Kier molecular flexibility index (Phi) is 7.38. The molecule has 37 heavy (non-hydrogen) atoms. The summed E-state index contributed by atoms with van der Waals surface area (Å²) in [6.07, 6.45) is -0.328. The highest BCUT2D eigenvalue weighted by Crippen LogP contribution is 2.30. The molecule has 4 rings (SSSR count). The number of benzene rings is 3. The highest BCUT2D eigenvalue weighted by molar-refractivity contribution is 6.11. The number of hydrogen-bond acceptors (Lipinski definition) is 7. The zero-order chi connectivity index (χ0) is 26.5. The number of fused-ring (bicyclic) bond motifs is 3. The lowest BCUT2D eigenvalue weighted by molar-refractivity contribution is -0.149. The Morgan fingerprint density at radius 2 is 1.59 bits per heavy atom. The number of carbonyl (C=O) groups is 3. The first-order valence-corrected chi connectivity index (χ1v) is 11.5. The molecular weight excluding hydrogens is 474 g/mol. The summed E-state index contributed by atoms with van der Waals surface area (Å²) < 4.78 is 11.5. The van der Waals surface area contributed by atoms with Crippen molar-refractivity contribution in [3.05, 3.63) is 83.4 Å². The quantitative estimate of drug-likeness (QED) is 0.110. The second kappa shape index (κ2) is 10.8. The molecule has 5 N–H and O–H groups in total. The van der Waals surface area contributed by atoms with Crippen LogP contribution in [-0.2, 0) is 25.6 Å². The molecule has 10 heteroatoms. The third-order valence-corrected chi connectivity index (χ3v) is 6.15. The summed E-state index contributed by atoms with van der Waals surface area (Å²) in [6.45, 7) is 0.554. The molecule has 0 unspecified atom stereocenters. The number of aromatic nitrogens is 1. The van der Waals surface area contributed by atoms with Gasteiger partial charge in [0.15, 0.2) is 0 Å². The van der Waals surface area contributed by atoms with E-state index in [9.17, 15) is 14.4 Å². The van der Waals surface area contributed by atoms with Gasteiger partial charge in [0, 0.05) is 39.5 Å². The highest BCUT2D eigenvalue weighted by atomic mass is 16.5. The number of hydrazone groups is 1. The number of amidine groups is 1. The average Bonchev–Trinajstić information content (AvgIpc) is 3.24. The van der Waals surface area contributed by atoms with Gasteiger partial charge >= 0.3 is 11.9 Å². The summed E-state index contributed by atoms with van der Waals surface area (Å²) >= 11 is 0. The molecule has 10 nitrogen and oxygen atoms in total. The largest absolute Gasteiger partial charge is 0.469 e. The number of carbonyl (C=O) groups excluding carboxylic acids is 3. The maximum Gasteiger partial charge on any atom is 0.328 e. The number of nitrogens with two attached hydrogens (primary N) is 2. The number of para-hydroxylation sites is 1. The van der Waals surface area contributed by atoms with Crippen LogP contribution in [0.2, 0.25) is 0 Å². The Morgan fingerprint density at radius 3 is 2.27 bits per heavy atom. The van der Waals surface area contributed by atoms with Gasteiger partial charge in [-0.2, -0.15) is 5.10 Å². The minimum absolute atomic E-state index is 0.258. The summed E-state index contributed by atoms with van der Waals surface area (Å²) in [6, 6.07) is 19.8. The van der Waals surface area contributed by atoms with Crippen LogP contribution < -0.4 is 16.9 Å². The van der Waals surface area contributed by atoms with E-state index in [4.69, 9.17) is 11.6 Å². The van der Waals surface area contributed by atoms with Crippen LogP contribution in [0.1, 0.15) is 27.9 Å². The summed E-state index contributed by atoms with van der Waals surface area (Å²) in [4.78, 5) is 36.3. The normalized spacial score (nSPS) is 12.3. The molecule has 1 heterocycles. The lowest BCUT2D eigenvalue weighted by Crippen LogP contribution is -2.43. The van der Waals surface area contributed by atoms with Crippen molar-refractivity contribution in [1.82, 2.24) is 9.88 Å². The van der Waals surface area contributed by atoms with E-state index in [1.54, 1.807) is 12.1 Å². The minimum atomic E-state index is -1.15. The Hall–Kier alpha value is -4.86. The van der Waals surface area contributed by atoms with Gasteiger partial charge in [0.05, 0.1) is 20.6 Å². The third kappa shape index (κ3) is 5.22. The SMILES string of the molecule is COC(=O)C[C@H](NC(=O)c1ccc(Cn2c3ccccc3c3cc(/C(N)=N/N)ccc32)cc1)C(=O)OC. The maximum atomic E-state index is 12.7. The van der Waals surface area contributed by atoms with Crippen LogP contribution in [0.5, 0.6) is 0 Å². The van der Waals surface area contributed by atoms with Gasteiger partial charge in [-0.05, 0) is 42.0 Å². The molecule has 3 aromatic carbocycles. The Labute approximate surface area is 212 Å². The fraction of sp³-hybridized carbons (Fsp3) is 0.185. The predicted molar refractivity (Wildman–Crippen MR) is 140 cm³/mol. The molecule has 0 fully saturated rings. The number of rotatable bonds is 8. The maximum absolute atomic E-state index is 12.7. The van der Waals surface area contributed by atoms with E-state index in [0.29, 0.717) is 12.1 Å². The van der Waals surface area contributed by atoms with E-state index < -0.39 is 23.9 Å². The molecule has 0 bridgehead atoms. The topological polar surface area (TPSA) is 151 Å². The summed E-state index contributed by atoms with van der Waals surface area (Å²) in [5.41, 5.74) is 10.0.